The zero-order valence-electron chi connectivity index (χ0n) is 13.5. The second kappa shape index (κ2) is 6.82. The summed E-state index contributed by atoms with van der Waals surface area (Å²) >= 11 is 0. The van der Waals surface area contributed by atoms with Crippen LogP contribution in [0.15, 0.2) is 36.9 Å². The van der Waals surface area contributed by atoms with Gasteiger partial charge in [-0.25, -0.2) is 0 Å². The lowest BCUT2D eigenvalue weighted by Crippen LogP contribution is -2.30. The Morgan fingerprint density at radius 3 is 2.67 bits per heavy atom. The minimum absolute atomic E-state index is 0.0124. The number of carboxylic acids is 1. The van der Waals surface area contributed by atoms with Crippen LogP contribution >= 0.6 is 0 Å². The Labute approximate surface area is 139 Å². The third-order valence-corrected chi connectivity index (χ3v) is 4.51. The first-order valence-electron chi connectivity index (χ1n) is 7.92. The number of aliphatic carboxylic acids is 1. The zero-order chi connectivity index (χ0) is 17.1. The van der Waals surface area contributed by atoms with Gasteiger partial charge in [-0.1, -0.05) is 0 Å². The molecule has 0 unspecified atom stereocenters. The Kier molecular flexibility index (Phi) is 4.59. The van der Waals surface area contributed by atoms with Gasteiger partial charge in [0, 0.05) is 51.1 Å². The lowest BCUT2D eigenvalue weighted by atomic mass is 9.90. The highest BCUT2D eigenvalue weighted by molar-refractivity contribution is 5.79. The second-order valence-corrected chi connectivity index (χ2v) is 6.15. The van der Waals surface area contributed by atoms with E-state index in [1.807, 2.05) is 25.4 Å². The normalized spacial score (nSPS) is 20.3. The molecule has 1 fully saturated rings. The van der Waals surface area contributed by atoms with E-state index in [1.165, 1.54) is 0 Å². The summed E-state index contributed by atoms with van der Waals surface area (Å²) in [6.45, 7) is 0.695. The van der Waals surface area contributed by atoms with E-state index in [2.05, 4.69) is 10.1 Å². The summed E-state index contributed by atoms with van der Waals surface area (Å²) in [5.41, 5.74) is 1.92. The standard InChI is InChI=1S/C17H20N4O3/c1-20-9-12(8-19-20)2-3-16(22)21-10-14(15(11-21)17(23)24)13-4-6-18-7-5-13/h4-9,14-15H,2-3,10-11H2,1H3,(H,23,24)/t14-,15+/m0/s1. The van der Waals surface area contributed by atoms with Crippen molar-refractivity contribution in [3.05, 3.63) is 48.0 Å². The number of carboxylic acid groups (broad SMARTS) is 1. The zero-order valence-corrected chi connectivity index (χ0v) is 13.5. The van der Waals surface area contributed by atoms with Crippen LogP contribution < -0.4 is 0 Å². The summed E-state index contributed by atoms with van der Waals surface area (Å²) in [5.74, 6) is -1.64. The van der Waals surface area contributed by atoms with Gasteiger partial charge in [0.15, 0.2) is 0 Å². The fraction of sp³-hybridized carbons (Fsp3) is 0.412. The third-order valence-electron chi connectivity index (χ3n) is 4.51. The molecule has 0 radical (unpaired) electrons. The first kappa shape index (κ1) is 16.2. The van der Waals surface area contributed by atoms with Crippen LogP contribution in [-0.4, -0.2) is 49.7 Å². The smallest absolute Gasteiger partial charge is 0.308 e. The van der Waals surface area contributed by atoms with Crippen LogP contribution in [0.25, 0.3) is 0 Å². The molecule has 1 amide bonds. The molecule has 1 aliphatic heterocycles. The van der Waals surface area contributed by atoms with E-state index in [4.69, 9.17) is 0 Å². The van der Waals surface area contributed by atoms with Gasteiger partial charge in [0.25, 0.3) is 0 Å². The van der Waals surface area contributed by atoms with Crippen LogP contribution in [0.4, 0.5) is 0 Å². The van der Waals surface area contributed by atoms with Crippen molar-refractivity contribution in [1.29, 1.82) is 0 Å². The number of aromatic nitrogens is 3. The predicted molar refractivity (Wildman–Crippen MR) is 86.2 cm³/mol. The van der Waals surface area contributed by atoms with E-state index in [0.29, 0.717) is 19.4 Å². The van der Waals surface area contributed by atoms with Crippen LogP contribution in [0.5, 0.6) is 0 Å². The molecule has 0 bridgehead atoms. The Morgan fingerprint density at radius 1 is 1.29 bits per heavy atom. The molecule has 2 aromatic rings. The van der Waals surface area contributed by atoms with E-state index in [0.717, 1.165) is 11.1 Å². The fourth-order valence-corrected chi connectivity index (χ4v) is 3.22. The molecule has 0 aromatic carbocycles. The molecule has 3 heterocycles. The molecule has 1 saturated heterocycles. The highest BCUT2D eigenvalue weighted by atomic mass is 16.4. The predicted octanol–water partition coefficient (Wildman–Crippen LogP) is 1.07. The highest BCUT2D eigenvalue weighted by Crippen LogP contribution is 2.33. The molecule has 3 rings (SSSR count). The van der Waals surface area contributed by atoms with Crippen molar-refractivity contribution in [1.82, 2.24) is 19.7 Å². The maximum absolute atomic E-state index is 12.5. The summed E-state index contributed by atoms with van der Waals surface area (Å²) in [4.78, 5) is 29.7. The van der Waals surface area contributed by atoms with E-state index in [1.54, 1.807) is 28.2 Å². The van der Waals surface area contributed by atoms with Crippen LogP contribution in [0.1, 0.15) is 23.5 Å². The number of pyridine rings is 1. The van der Waals surface area contributed by atoms with Gasteiger partial charge < -0.3 is 10.0 Å². The van der Waals surface area contributed by atoms with Gasteiger partial charge in [-0.3, -0.25) is 19.3 Å². The number of hydrogen-bond donors (Lipinski definition) is 1. The molecule has 1 aliphatic rings. The quantitative estimate of drug-likeness (QED) is 0.887. The molecule has 126 valence electrons. The molecule has 24 heavy (non-hydrogen) atoms. The van der Waals surface area contributed by atoms with Gasteiger partial charge in [-0.15, -0.1) is 0 Å². The van der Waals surface area contributed by atoms with Gasteiger partial charge in [0.2, 0.25) is 5.91 Å². The van der Waals surface area contributed by atoms with E-state index >= 15 is 0 Å². The SMILES string of the molecule is Cn1cc(CCC(=O)N2C[C@@H](C(=O)O)[C@H](c3ccncc3)C2)cn1. The van der Waals surface area contributed by atoms with Gasteiger partial charge in [-0.2, -0.15) is 5.10 Å². The van der Waals surface area contributed by atoms with Crippen molar-refractivity contribution in [2.75, 3.05) is 13.1 Å². The molecular weight excluding hydrogens is 308 g/mol. The number of rotatable bonds is 5. The van der Waals surface area contributed by atoms with Crippen molar-refractivity contribution in [2.24, 2.45) is 13.0 Å². The summed E-state index contributed by atoms with van der Waals surface area (Å²) in [7, 11) is 1.84. The lowest BCUT2D eigenvalue weighted by molar-refractivity contribution is -0.141. The minimum atomic E-state index is -0.862. The Bertz CT molecular complexity index is 728. The average molecular weight is 328 g/mol. The molecule has 0 saturated carbocycles. The van der Waals surface area contributed by atoms with Crippen molar-refractivity contribution < 1.29 is 14.7 Å². The first-order valence-corrected chi connectivity index (χ1v) is 7.92. The molecule has 0 spiro atoms. The summed E-state index contributed by atoms with van der Waals surface area (Å²) in [5, 5.41) is 13.6. The molecule has 2 aromatic heterocycles. The van der Waals surface area contributed by atoms with Crippen LogP contribution in [0.2, 0.25) is 0 Å². The van der Waals surface area contributed by atoms with Crippen LogP contribution in [0.3, 0.4) is 0 Å². The number of carbonyl (C=O) groups is 2. The number of aryl methyl sites for hydroxylation is 2. The minimum Gasteiger partial charge on any atom is -0.481 e. The summed E-state index contributed by atoms with van der Waals surface area (Å²) in [6, 6.07) is 3.65. The molecule has 7 nitrogen and oxygen atoms in total. The van der Waals surface area contributed by atoms with Crippen molar-refractivity contribution in [2.45, 2.75) is 18.8 Å². The molecule has 1 N–H and O–H groups in total. The van der Waals surface area contributed by atoms with Crippen molar-refractivity contribution in [3.63, 3.8) is 0 Å². The topological polar surface area (TPSA) is 88.3 Å². The maximum atomic E-state index is 12.5. The van der Waals surface area contributed by atoms with Gasteiger partial charge in [0.05, 0.1) is 12.1 Å². The number of carbonyl (C=O) groups excluding carboxylic acids is 1. The Hall–Kier alpha value is -2.70. The Morgan fingerprint density at radius 2 is 2.04 bits per heavy atom. The number of amides is 1. The first-order chi connectivity index (χ1) is 11.5. The summed E-state index contributed by atoms with van der Waals surface area (Å²) < 4.78 is 1.70. The fourth-order valence-electron chi connectivity index (χ4n) is 3.22. The number of likely N-dealkylation sites (tertiary alicyclic amines) is 1. The van der Waals surface area contributed by atoms with Gasteiger partial charge >= 0.3 is 5.97 Å². The van der Waals surface area contributed by atoms with Gasteiger partial charge in [0.1, 0.15) is 0 Å². The van der Waals surface area contributed by atoms with E-state index in [9.17, 15) is 14.7 Å². The number of nitrogens with zero attached hydrogens (tertiary/aromatic N) is 4. The number of hydrogen-bond acceptors (Lipinski definition) is 4. The lowest BCUT2D eigenvalue weighted by Gasteiger charge is -2.16. The molecule has 7 heteroatoms. The third kappa shape index (κ3) is 3.45. The van der Waals surface area contributed by atoms with E-state index < -0.39 is 11.9 Å². The monoisotopic (exact) mass is 328 g/mol. The average Bonchev–Trinajstić information content (AvgIpc) is 3.20. The van der Waals surface area contributed by atoms with E-state index in [-0.39, 0.29) is 18.4 Å². The Balaban J connectivity index is 1.66. The summed E-state index contributed by atoms with van der Waals surface area (Å²) in [6.07, 6.45) is 7.92. The van der Waals surface area contributed by atoms with Crippen molar-refractivity contribution >= 4 is 11.9 Å². The van der Waals surface area contributed by atoms with Crippen LogP contribution in [-0.2, 0) is 23.1 Å². The van der Waals surface area contributed by atoms with Crippen molar-refractivity contribution in [3.8, 4) is 0 Å². The van der Waals surface area contributed by atoms with Gasteiger partial charge in [-0.05, 0) is 29.7 Å². The van der Waals surface area contributed by atoms with Crippen LogP contribution in [0, 0.1) is 5.92 Å². The highest BCUT2D eigenvalue weighted by Gasteiger charge is 2.40. The second-order valence-electron chi connectivity index (χ2n) is 6.15. The maximum Gasteiger partial charge on any atom is 0.308 e. The molecule has 2 atom stereocenters. The largest absolute Gasteiger partial charge is 0.481 e. The molecule has 0 aliphatic carbocycles. The molecular formula is C17H20N4O3.